The van der Waals surface area contributed by atoms with Crippen molar-refractivity contribution in [3.63, 3.8) is 0 Å². The van der Waals surface area contributed by atoms with Gasteiger partial charge < -0.3 is 25.0 Å². The average molecular weight is 360 g/mol. The maximum Gasteiger partial charge on any atom is 0.407 e. The van der Waals surface area contributed by atoms with Crippen LogP contribution in [0.2, 0.25) is 0 Å². The zero-order valence-corrected chi connectivity index (χ0v) is 15.1. The minimum atomic E-state index is -1.25. The number of aliphatic hydroxyl groups excluding tert-OH is 2. The van der Waals surface area contributed by atoms with Crippen LogP contribution in [0.5, 0.6) is 0 Å². The van der Waals surface area contributed by atoms with E-state index in [1.165, 1.54) is 5.38 Å². The molecule has 0 aromatic carbocycles. The summed E-state index contributed by atoms with van der Waals surface area (Å²) in [4.78, 5) is 27.0. The van der Waals surface area contributed by atoms with Gasteiger partial charge in [-0.2, -0.15) is 0 Å². The molecule has 9 heteroatoms. The number of carbonyl (C=O) groups is 2. The summed E-state index contributed by atoms with van der Waals surface area (Å²) < 4.78 is 9.87. The summed E-state index contributed by atoms with van der Waals surface area (Å²) >= 11 is 1.05. The van der Waals surface area contributed by atoms with Crippen molar-refractivity contribution in [2.24, 2.45) is 0 Å². The zero-order valence-electron chi connectivity index (χ0n) is 14.2. The van der Waals surface area contributed by atoms with E-state index < -0.39 is 29.9 Å². The summed E-state index contributed by atoms with van der Waals surface area (Å²) in [5, 5.41) is 24.2. The van der Waals surface area contributed by atoms with Crippen molar-refractivity contribution in [2.75, 3.05) is 13.2 Å². The second kappa shape index (κ2) is 8.95. The number of ether oxygens (including phenoxy) is 2. The van der Waals surface area contributed by atoms with Gasteiger partial charge in [0, 0.05) is 11.9 Å². The molecule has 1 rings (SSSR count). The second-order valence-electron chi connectivity index (χ2n) is 6.02. The first-order chi connectivity index (χ1) is 11.1. The molecular formula is C15H24N2O6S. The lowest BCUT2D eigenvalue weighted by molar-refractivity contribution is 0.0119. The molecule has 0 saturated heterocycles. The van der Waals surface area contributed by atoms with Crippen molar-refractivity contribution < 1.29 is 29.3 Å². The van der Waals surface area contributed by atoms with Crippen molar-refractivity contribution in [2.45, 2.75) is 51.9 Å². The predicted octanol–water partition coefficient (Wildman–Crippen LogP) is 1.63. The molecular weight excluding hydrogens is 336 g/mol. The highest BCUT2D eigenvalue weighted by atomic mass is 32.1. The Morgan fingerprint density at radius 1 is 1.38 bits per heavy atom. The van der Waals surface area contributed by atoms with Gasteiger partial charge in [0.1, 0.15) is 16.7 Å². The first kappa shape index (κ1) is 20.3. The van der Waals surface area contributed by atoms with E-state index >= 15 is 0 Å². The number of alkyl carbamates (subject to hydrolysis) is 1. The van der Waals surface area contributed by atoms with Crippen LogP contribution in [0, 0.1) is 0 Å². The van der Waals surface area contributed by atoms with Crippen LogP contribution in [-0.4, -0.2) is 52.1 Å². The lowest BCUT2D eigenvalue weighted by Gasteiger charge is -2.20. The van der Waals surface area contributed by atoms with Gasteiger partial charge in [0.2, 0.25) is 0 Å². The number of esters is 1. The van der Waals surface area contributed by atoms with Gasteiger partial charge in [-0.05, 0) is 34.1 Å². The molecule has 1 amide bonds. The third-order valence-corrected chi connectivity index (χ3v) is 3.65. The molecule has 2 unspecified atom stereocenters. The van der Waals surface area contributed by atoms with Gasteiger partial charge in [0.05, 0.1) is 12.7 Å². The molecule has 24 heavy (non-hydrogen) atoms. The number of aromatic nitrogens is 1. The normalized spacial score (nSPS) is 13.9. The summed E-state index contributed by atoms with van der Waals surface area (Å²) in [6, 6.07) is 0. The fraction of sp³-hybridized carbons (Fsp3) is 0.667. The number of carbonyl (C=O) groups excluding carboxylic acids is 2. The molecule has 0 saturated carbocycles. The van der Waals surface area contributed by atoms with E-state index in [0.717, 1.165) is 11.3 Å². The standard InChI is InChI=1S/C15H24N2O6S/c1-5-22-13(20)9-8-24-12(17-9)11(19)10(18)6-7-16-14(21)23-15(2,3)4/h8,10-11,18-19H,5-7H2,1-4H3,(H,16,21). The number of nitrogens with zero attached hydrogens (tertiary/aromatic N) is 1. The highest BCUT2D eigenvalue weighted by Gasteiger charge is 2.24. The monoisotopic (exact) mass is 360 g/mol. The highest BCUT2D eigenvalue weighted by Crippen LogP contribution is 2.23. The van der Waals surface area contributed by atoms with Crippen LogP contribution < -0.4 is 5.32 Å². The zero-order chi connectivity index (χ0) is 18.3. The number of hydrogen-bond donors (Lipinski definition) is 3. The van der Waals surface area contributed by atoms with Crippen molar-refractivity contribution in [1.29, 1.82) is 0 Å². The van der Waals surface area contributed by atoms with Crippen LogP contribution >= 0.6 is 11.3 Å². The van der Waals surface area contributed by atoms with Gasteiger partial charge in [-0.1, -0.05) is 0 Å². The minimum absolute atomic E-state index is 0.0926. The van der Waals surface area contributed by atoms with Gasteiger partial charge in [-0.15, -0.1) is 11.3 Å². The first-order valence-corrected chi connectivity index (χ1v) is 8.47. The molecule has 1 heterocycles. The predicted molar refractivity (Wildman–Crippen MR) is 87.9 cm³/mol. The fourth-order valence-corrected chi connectivity index (χ4v) is 2.51. The Kier molecular flexibility index (Phi) is 7.59. The molecule has 0 bridgehead atoms. The largest absolute Gasteiger partial charge is 0.461 e. The molecule has 8 nitrogen and oxygen atoms in total. The molecule has 0 fully saturated rings. The Morgan fingerprint density at radius 3 is 2.62 bits per heavy atom. The molecule has 136 valence electrons. The van der Waals surface area contributed by atoms with E-state index in [4.69, 9.17) is 9.47 Å². The Hall–Kier alpha value is -1.71. The van der Waals surface area contributed by atoms with Crippen molar-refractivity contribution >= 4 is 23.4 Å². The summed E-state index contributed by atoms with van der Waals surface area (Å²) in [5.74, 6) is -0.576. The van der Waals surface area contributed by atoms with Crippen LogP contribution in [0.25, 0.3) is 0 Å². The fourth-order valence-electron chi connectivity index (χ4n) is 1.68. The van der Waals surface area contributed by atoms with E-state index in [1.807, 2.05) is 0 Å². The van der Waals surface area contributed by atoms with E-state index in [-0.39, 0.29) is 30.3 Å². The number of aliphatic hydroxyl groups is 2. The van der Waals surface area contributed by atoms with Gasteiger partial charge in [0.25, 0.3) is 0 Å². The maximum atomic E-state index is 11.5. The average Bonchev–Trinajstić information content (AvgIpc) is 2.94. The van der Waals surface area contributed by atoms with Crippen LogP contribution in [-0.2, 0) is 9.47 Å². The molecule has 0 aliphatic carbocycles. The van der Waals surface area contributed by atoms with Crippen LogP contribution in [0.4, 0.5) is 4.79 Å². The van der Waals surface area contributed by atoms with Crippen LogP contribution in [0.15, 0.2) is 5.38 Å². The minimum Gasteiger partial charge on any atom is -0.461 e. The molecule has 1 aromatic rings. The molecule has 0 spiro atoms. The molecule has 0 aliphatic heterocycles. The Labute approximate surface area is 144 Å². The molecule has 3 N–H and O–H groups in total. The van der Waals surface area contributed by atoms with Gasteiger partial charge in [-0.3, -0.25) is 0 Å². The smallest absolute Gasteiger partial charge is 0.407 e. The first-order valence-electron chi connectivity index (χ1n) is 7.59. The molecule has 0 aliphatic rings. The molecule has 0 radical (unpaired) electrons. The number of thiazole rings is 1. The van der Waals surface area contributed by atoms with Crippen molar-refractivity contribution in [3.8, 4) is 0 Å². The third kappa shape index (κ3) is 6.81. The van der Waals surface area contributed by atoms with E-state index in [9.17, 15) is 19.8 Å². The van der Waals surface area contributed by atoms with E-state index in [1.54, 1.807) is 27.7 Å². The van der Waals surface area contributed by atoms with Gasteiger partial charge in [-0.25, -0.2) is 14.6 Å². The quantitative estimate of drug-likeness (QED) is 0.632. The number of hydrogen-bond acceptors (Lipinski definition) is 8. The lowest BCUT2D eigenvalue weighted by atomic mass is 10.1. The molecule has 1 aromatic heterocycles. The van der Waals surface area contributed by atoms with Crippen LogP contribution in [0.1, 0.15) is 55.7 Å². The Morgan fingerprint density at radius 2 is 2.04 bits per heavy atom. The summed E-state index contributed by atoms with van der Waals surface area (Å²) in [6.07, 6.45) is -2.88. The summed E-state index contributed by atoms with van der Waals surface area (Å²) in [6.45, 7) is 7.27. The highest BCUT2D eigenvalue weighted by molar-refractivity contribution is 7.09. The number of amides is 1. The number of nitrogens with one attached hydrogen (secondary N) is 1. The van der Waals surface area contributed by atoms with Crippen LogP contribution in [0.3, 0.4) is 0 Å². The molecule has 2 atom stereocenters. The SMILES string of the molecule is CCOC(=O)c1csc(C(O)C(O)CCNC(=O)OC(C)(C)C)n1. The van der Waals surface area contributed by atoms with E-state index in [0.29, 0.717) is 0 Å². The summed E-state index contributed by atoms with van der Waals surface area (Å²) in [7, 11) is 0. The van der Waals surface area contributed by atoms with Gasteiger partial charge >= 0.3 is 12.1 Å². The topological polar surface area (TPSA) is 118 Å². The van der Waals surface area contributed by atoms with E-state index in [2.05, 4.69) is 10.3 Å². The lowest BCUT2D eigenvalue weighted by Crippen LogP contribution is -2.34. The Balaban J connectivity index is 2.46. The second-order valence-corrected chi connectivity index (χ2v) is 6.91. The maximum absolute atomic E-state index is 11.5. The summed E-state index contributed by atoms with van der Waals surface area (Å²) in [5.41, 5.74) is -0.512. The number of rotatable bonds is 7. The Bertz CT molecular complexity index is 554. The van der Waals surface area contributed by atoms with Crippen molar-refractivity contribution in [1.82, 2.24) is 10.3 Å². The van der Waals surface area contributed by atoms with Crippen molar-refractivity contribution in [3.05, 3.63) is 16.1 Å². The van der Waals surface area contributed by atoms with Gasteiger partial charge in [0.15, 0.2) is 5.69 Å². The third-order valence-electron chi connectivity index (χ3n) is 2.73.